The Morgan fingerprint density at radius 3 is 2.00 bits per heavy atom. The number of hydrogen-bond acceptors (Lipinski definition) is 6. The van der Waals surface area contributed by atoms with Crippen LogP contribution >= 0.6 is 0 Å². The van der Waals surface area contributed by atoms with Crippen molar-refractivity contribution in [2.75, 3.05) is 13.2 Å². The number of ether oxygens (including phenoxy) is 3. The second-order valence-electron chi connectivity index (χ2n) is 10.6. The number of aromatic hydroxyl groups is 1. The smallest absolute Gasteiger partial charge is 0.252 e. The molecule has 1 unspecified atom stereocenters. The largest absolute Gasteiger partial charge is 0.508 e. The molecule has 6 heteroatoms. The number of rotatable bonds is 4. The average molecular weight is 443 g/mol. The van der Waals surface area contributed by atoms with Crippen molar-refractivity contribution in [2.24, 2.45) is 0 Å². The molecule has 0 bridgehead atoms. The third-order valence-electron chi connectivity index (χ3n) is 6.69. The predicted octanol–water partition coefficient (Wildman–Crippen LogP) is 4.26. The van der Waals surface area contributed by atoms with Gasteiger partial charge in [0.2, 0.25) is 0 Å². The van der Waals surface area contributed by atoms with E-state index in [1.165, 1.54) is 0 Å². The van der Waals surface area contributed by atoms with Crippen molar-refractivity contribution in [1.29, 1.82) is 0 Å². The third-order valence-corrected chi connectivity index (χ3v) is 6.69. The first-order chi connectivity index (χ1) is 14.9. The fraction of sp³-hybridized carbons (Fsp3) is 0.538. The number of aryl methyl sites for hydroxylation is 2. The van der Waals surface area contributed by atoms with Crippen LogP contribution in [0, 0.1) is 13.8 Å². The first-order valence-electron chi connectivity index (χ1n) is 11.1. The molecule has 1 spiro atoms. The number of benzene rings is 2. The zero-order valence-electron chi connectivity index (χ0n) is 19.8. The Labute approximate surface area is 189 Å². The quantitative estimate of drug-likeness (QED) is 0.656. The maximum absolute atomic E-state index is 10.2. The third kappa shape index (κ3) is 3.90. The zero-order valence-corrected chi connectivity index (χ0v) is 19.8. The normalized spacial score (nSPS) is 23.5. The first-order valence-corrected chi connectivity index (χ1v) is 11.1. The highest BCUT2D eigenvalue weighted by atomic mass is 16.7. The minimum atomic E-state index is -0.918. The summed E-state index contributed by atoms with van der Waals surface area (Å²) in [6.45, 7) is 12.2. The summed E-state index contributed by atoms with van der Waals surface area (Å²) in [7, 11) is 0. The van der Waals surface area contributed by atoms with Gasteiger partial charge in [-0.1, -0.05) is 27.7 Å². The molecule has 2 aliphatic rings. The summed E-state index contributed by atoms with van der Waals surface area (Å²) in [6.07, 6.45) is 0.384. The first kappa shape index (κ1) is 22.7. The predicted molar refractivity (Wildman–Crippen MR) is 122 cm³/mol. The number of aliphatic hydroxyl groups excluding tert-OH is 2. The Hall–Kier alpha value is -2.44. The van der Waals surface area contributed by atoms with Gasteiger partial charge in [-0.25, -0.2) is 0 Å². The lowest BCUT2D eigenvalue weighted by atomic mass is 9.69. The second-order valence-corrected chi connectivity index (χ2v) is 10.6. The van der Waals surface area contributed by atoms with Crippen molar-refractivity contribution >= 4 is 0 Å². The van der Waals surface area contributed by atoms with Crippen molar-refractivity contribution in [3.8, 4) is 23.0 Å². The summed E-state index contributed by atoms with van der Waals surface area (Å²) < 4.78 is 18.9. The van der Waals surface area contributed by atoms with Crippen LogP contribution in [0.3, 0.4) is 0 Å². The maximum Gasteiger partial charge on any atom is 0.252 e. The van der Waals surface area contributed by atoms with Crippen LogP contribution in [0.15, 0.2) is 24.3 Å². The Balaban J connectivity index is 1.72. The molecule has 2 aromatic carbocycles. The summed E-state index contributed by atoms with van der Waals surface area (Å²) in [6, 6.07) is 7.65. The van der Waals surface area contributed by atoms with Crippen molar-refractivity contribution < 1.29 is 29.5 Å². The van der Waals surface area contributed by atoms with Gasteiger partial charge in [0.15, 0.2) is 0 Å². The van der Waals surface area contributed by atoms with E-state index in [2.05, 4.69) is 27.7 Å². The molecule has 0 aromatic heterocycles. The van der Waals surface area contributed by atoms with E-state index >= 15 is 0 Å². The van der Waals surface area contributed by atoms with Gasteiger partial charge >= 0.3 is 0 Å². The molecule has 32 heavy (non-hydrogen) atoms. The van der Waals surface area contributed by atoms with Gasteiger partial charge in [-0.2, -0.15) is 0 Å². The van der Waals surface area contributed by atoms with E-state index in [1.807, 2.05) is 38.1 Å². The standard InChI is InChI=1S/C26H34O6/c1-15-7-22-18(9-20(15)29)24(3,4)13-26(31-22)14-25(5,6)19-10-21(30-12-17(28)11-27)16(2)8-23(19)32-26/h7-10,17,27-29H,11-14H2,1-6H3/t17-,26?/m1/s1. The molecule has 4 rings (SSSR count). The summed E-state index contributed by atoms with van der Waals surface area (Å²) >= 11 is 0. The molecule has 2 aromatic rings. The topological polar surface area (TPSA) is 88.4 Å². The monoisotopic (exact) mass is 442 g/mol. The zero-order chi connectivity index (χ0) is 23.5. The van der Waals surface area contributed by atoms with Crippen molar-refractivity contribution in [3.63, 3.8) is 0 Å². The van der Waals surface area contributed by atoms with Gasteiger partial charge in [-0.3, -0.25) is 0 Å². The minimum absolute atomic E-state index is 0.0294. The molecule has 2 atom stereocenters. The lowest BCUT2D eigenvalue weighted by Gasteiger charge is -2.51. The summed E-state index contributed by atoms with van der Waals surface area (Å²) in [5.41, 5.74) is 3.17. The van der Waals surface area contributed by atoms with E-state index in [0.29, 0.717) is 18.6 Å². The summed E-state index contributed by atoms with van der Waals surface area (Å²) in [5, 5.41) is 29.0. The van der Waals surface area contributed by atoms with Crippen LogP contribution in [0.25, 0.3) is 0 Å². The second kappa shape index (κ2) is 7.56. The van der Waals surface area contributed by atoms with Crippen LogP contribution in [0.1, 0.15) is 62.8 Å². The minimum Gasteiger partial charge on any atom is -0.508 e. The van der Waals surface area contributed by atoms with E-state index in [1.54, 1.807) is 0 Å². The van der Waals surface area contributed by atoms with E-state index < -0.39 is 11.9 Å². The van der Waals surface area contributed by atoms with Gasteiger partial charge in [-0.15, -0.1) is 0 Å². The molecule has 0 saturated carbocycles. The molecule has 0 aliphatic carbocycles. The Morgan fingerprint density at radius 1 is 0.906 bits per heavy atom. The van der Waals surface area contributed by atoms with Gasteiger partial charge in [0.05, 0.1) is 6.61 Å². The summed E-state index contributed by atoms with van der Waals surface area (Å²) in [5.74, 6) is 1.65. The highest BCUT2D eigenvalue weighted by Gasteiger charge is 2.53. The van der Waals surface area contributed by atoms with Gasteiger partial charge in [-0.05, 0) is 49.2 Å². The molecule has 2 aliphatic heterocycles. The van der Waals surface area contributed by atoms with Crippen molar-refractivity contribution in [3.05, 3.63) is 46.5 Å². The highest BCUT2D eigenvalue weighted by Crippen LogP contribution is 2.55. The maximum atomic E-state index is 10.2. The van der Waals surface area contributed by atoms with Crippen LogP contribution in [0.4, 0.5) is 0 Å². The number of phenolic OH excluding ortho intramolecular Hbond substituents is 1. The Bertz CT molecular complexity index is 1040. The molecule has 0 fully saturated rings. The number of hydrogen-bond donors (Lipinski definition) is 3. The molecule has 6 nitrogen and oxygen atoms in total. The fourth-order valence-electron chi connectivity index (χ4n) is 5.12. The molecule has 0 saturated heterocycles. The molecular weight excluding hydrogens is 408 g/mol. The van der Waals surface area contributed by atoms with Crippen molar-refractivity contribution in [2.45, 2.75) is 77.1 Å². The molecule has 0 radical (unpaired) electrons. The van der Waals surface area contributed by atoms with Crippen LogP contribution < -0.4 is 14.2 Å². The van der Waals surface area contributed by atoms with E-state index in [-0.39, 0.29) is 29.8 Å². The number of fused-ring (bicyclic) bond motifs is 2. The van der Waals surface area contributed by atoms with Gasteiger partial charge in [0.25, 0.3) is 5.79 Å². The number of aliphatic hydroxyl groups is 2. The van der Waals surface area contributed by atoms with Crippen LogP contribution in [-0.4, -0.2) is 40.4 Å². The molecule has 3 N–H and O–H groups in total. The SMILES string of the molecule is Cc1cc2c(cc1O)C(C)(C)CC1(CC(C)(C)c3cc(OC[C@H](O)CO)c(C)cc3O1)O2. The van der Waals surface area contributed by atoms with Crippen molar-refractivity contribution in [1.82, 2.24) is 0 Å². The van der Waals surface area contributed by atoms with Crippen LogP contribution in [-0.2, 0) is 10.8 Å². The fourth-order valence-corrected chi connectivity index (χ4v) is 5.12. The lowest BCUT2D eigenvalue weighted by Crippen LogP contribution is -2.55. The van der Waals surface area contributed by atoms with Gasteiger partial charge < -0.3 is 29.5 Å². The van der Waals surface area contributed by atoms with E-state index in [4.69, 9.17) is 19.3 Å². The molecule has 2 heterocycles. The summed E-state index contributed by atoms with van der Waals surface area (Å²) in [4.78, 5) is 0. The van der Waals surface area contributed by atoms with Gasteiger partial charge in [0.1, 0.15) is 35.7 Å². The molecular formula is C26H34O6. The Morgan fingerprint density at radius 2 is 1.44 bits per heavy atom. The molecule has 0 amide bonds. The van der Waals surface area contributed by atoms with E-state index in [0.717, 1.165) is 33.8 Å². The van der Waals surface area contributed by atoms with Crippen LogP contribution in [0.2, 0.25) is 0 Å². The highest BCUT2D eigenvalue weighted by molar-refractivity contribution is 5.53. The average Bonchev–Trinajstić information content (AvgIpc) is 2.67. The number of phenols is 1. The van der Waals surface area contributed by atoms with Crippen LogP contribution in [0.5, 0.6) is 23.0 Å². The van der Waals surface area contributed by atoms with Gasteiger partial charge in [0, 0.05) is 34.8 Å². The van der Waals surface area contributed by atoms with E-state index in [9.17, 15) is 10.2 Å². The molecule has 174 valence electrons. The Kier molecular flexibility index (Phi) is 5.37. The lowest BCUT2D eigenvalue weighted by molar-refractivity contribution is -0.166.